The Hall–Kier alpha value is -3.54. The minimum Gasteiger partial charge on any atom is -0.394 e. The lowest BCUT2D eigenvalue weighted by Crippen LogP contribution is -2.54. The molecule has 0 radical (unpaired) electrons. The standard InChI is InChI=1S/C22H25N5O5S/c23-20(24)16-10-8-15(9-11-16)13-25-21(29)19-7-4-12-27(19)22(30)18(14-28)26-33(31,32)17-5-2-1-3-6-17/h1-11,18-19,26,28H,12-14H2,(H3,23,24)(H,25,29)/t18-,19+/m1/s1. The molecule has 3 rings (SSSR count). The predicted molar refractivity (Wildman–Crippen MR) is 122 cm³/mol. The molecule has 0 aromatic heterocycles. The maximum atomic E-state index is 13.0. The zero-order chi connectivity index (χ0) is 24.0. The summed E-state index contributed by atoms with van der Waals surface area (Å²) >= 11 is 0. The number of sulfonamides is 1. The van der Waals surface area contributed by atoms with Gasteiger partial charge in [0.15, 0.2) is 0 Å². The van der Waals surface area contributed by atoms with Crippen molar-refractivity contribution in [3.8, 4) is 0 Å². The highest BCUT2D eigenvalue weighted by Gasteiger charge is 2.36. The lowest BCUT2D eigenvalue weighted by atomic mass is 10.1. The minimum absolute atomic E-state index is 0.0409. The van der Waals surface area contributed by atoms with Crippen LogP contribution >= 0.6 is 0 Å². The van der Waals surface area contributed by atoms with Crippen LogP contribution in [0.1, 0.15) is 11.1 Å². The molecule has 6 N–H and O–H groups in total. The molecule has 2 aromatic rings. The molecule has 0 bridgehead atoms. The zero-order valence-electron chi connectivity index (χ0n) is 17.6. The van der Waals surface area contributed by atoms with Crippen LogP contribution in [0.5, 0.6) is 0 Å². The molecule has 1 aliphatic rings. The van der Waals surface area contributed by atoms with Gasteiger partial charge in [-0.3, -0.25) is 15.0 Å². The number of nitrogens with two attached hydrogens (primary N) is 1. The molecule has 2 aromatic carbocycles. The summed E-state index contributed by atoms with van der Waals surface area (Å²) in [5, 5.41) is 19.8. The van der Waals surface area contributed by atoms with Gasteiger partial charge < -0.3 is 21.1 Å². The topological polar surface area (TPSA) is 166 Å². The van der Waals surface area contributed by atoms with Crippen LogP contribution in [0.25, 0.3) is 0 Å². The molecule has 1 heterocycles. The normalized spacial score (nSPS) is 16.4. The average Bonchev–Trinajstić information content (AvgIpc) is 3.31. The number of hydrogen-bond donors (Lipinski definition) is 5. The number of carbonyl (C=O) groups is 2. The van der Waals surface area contributed by atoms with E-state index in [4.69, 9.17) is 11.1 Å². The number of amidine groups is 1. The highest BCUT2D eigenvalue weighted by Crippen LogP contribution is 2.15. The van der Waals surface area contributed by atoms with Gasteiger partial charge in [0.25, 0.3) is 0 Å². The van der Waals surface area contributed by atoms with Gasteiger partial charge in [-0.25, -0.2) is 8.42 Å². The summed E-state index contributed by atoms with van der Waals surface area (Å²) in [5.41, 5.74) is 6.77. The molecule has 0 saturated carbocycles. The second kappa shape index (κ2) is 10.4. The molecular formula is C22H25N5O5S. The lowest BCUT2D eigenvalue weighted by Gasteiger charge is -2.27. The second-order valence-electron chi connectivity index (χ2n) is 7.36. The summed E-state index contributed by atoms with van der Waals surface area (Å²) in [6.07, 6.45) is 3.18. The Labute approximate surface area is 191 Å². The van der Waals surface area contributed by atoms with Gasteiger partial charge in [-0.05, 0) is 17.7 Å². The van der Waals surface area contributed by atoms with E-state index in [0.29, 0.717) is 5.56 Å². The molecule has 11 heteroatoms. The molecular weight excluding hydrogens is 446 g/mol. The Morgan fingerprint density at radius 3 is 2.42 bits per heavy atom. The summed E-state index contributed by atoms with van der Waals surface area (Å²) in [4.78, 5) is 26.8. The van der Waals surface area contributed by atoms with Crippen molar-refractivity contribution in [2.24, 2.45) is 5.73 Å². The van der Waals surface area contributed by atoms with Crippen LogP contribution in [0.4, 0.5) is 0 Å². The molecule has 10 nitrogen and oxygen atoms in total. The summed E-state index contributed by atoms with van der Waals surface area (Å²) < 4.78 is 27.3. The van der Waals surface area contributed by atoms with Crippen LogP contribution in [-0.4, -0.2) is 61.3 Å². The van der Waals surface area contributed by atoms with E-state index in [2.05, 4.69) is 10.0 Å². The zero-order valence-corrected chi connectivity index (χ0v) is 18.5. The molecule has 0 unspecified atom stereocenters. The largest absolute Gasteiger partial charge is 0.394 e. The van der Waals surface area contributed by atoms with Crippen molar-refractivity contribution in [2.45, 2.75) is 23.5 Å². The summed E-state index contributed by atoms with van der Waals surface area (Å²) in [5.74, 6) is -1.22. The predicted octanol–water partition coefficient (Wildman–Crippen LogP) is -0.307. The third-order valence-electron chi connectivity index (χ3n) is 5.07. The molecule has 0 saturated heterocycles. The number of carbonyl (C=O) groups excluding carboxylic acids is 2. The first-order chi connectivity index (χ1) is 15.7. The van der Waals surface area contributed by atoms with Crippen LogP contribution < -0.4 is 15.8 Å². The van der Waals surface area contributed by atoms with Crippen molar-refractivity contribution in [3.05, 3.63) is 77.9 Å². The maximum absolute atomic E-state index is 13.0. The molecule has 2 atom stereocenters. The fourth-order valence-corrected chi connectivity index (χ4v) is 4.50. The monoisotopic (exact) mass is 471 g/mol. The van der Waals surface area contributed by atoms with Gasteiger partial charge >= 0.3 is 0 Å². The minimum atomic E-state index is -4.04. The van der Waals surface area contributed by atoms with Gasteiger partial charge in [0.2, 0.25) is 21.8 Å². The molecule has 174 valence electrons. The van der Waals surface area contributed by atoms with E-state index in [0.717, 1.165) is 5.56 Å². The molecule has 1 aliphatic heterocycles. The van der Waals surface area contributed by atoms with Gasteiger partial charge in [-0.1, -0.05) is 54.6 Å². The van der Waals surface area contributed by atoms with E-state index in [1.54, 1.807) is 54.6 Å². The number of aliphatic hydroxyl groups is 1. The highest BCUT2D eigenvalue weighted by atomic mass is 32.2. The second-order valence-corrected chi connectivity index (χ2v) is 9.08. The van der Waals surface area contributed by atoms with E-state index >= 15 is 0 Å². The molecule has 33 heavy (non-hydrogen) atoms. The van der Waals surface area contributed by atoms with Crippen molar-refractivity contribution >= 4 is 27.7 Å². The molecule has 0 fully saturated rings. The Balaban J connectivity index is 1.64. The number of nitrogens with zero attached hydrogens (tertiary/aromatic N) is 1. The molecule has 2 amide bonds. The van der Waals surface area contributed by atoms with E-state index in [9.17, 15) is 23.1 Å². The van der Waals surface area contributed by atoms with Crippen LogP contribution in [0.2, 0.25) is 0 Å². The first kappa shape index (κ1) is 24.1. The quantitative estimate of drug-likeness (QED) is 0.191. The van der Waals surface area contributed by atoms with Gasteiger partial charge in [-0.15, -0.1) is 0 Å². The average molecular weight is 472 g/mol. The SMILES string of the molecule is N=C(N)c1ccc(CNC(=O)[C@@H]2C=CCN2C(=O)[C@@H](CO)NS(=O)(=O)c2ccccc2)cc1. The Bertz CT molecular complexity index is 1150. The van der Waals surface area contributed by atoms with Crippen molar-refractivity contribution in [2.75, 3.05) is 13.2 Å². The smallest absolute Gasteiger partial charge is 0.247 e. The number of amides is 2. The van der Waals surface area contributed by atoms with Crippen LogP contribution in [-0.2, 0) is 26.2 Å². The highest BCUT2D eigenvalue weighted by molar-refractivity contribution is 7.89. The molecule has 0 aliphatic carbocycles. The van der Waals surface area contributed by atoms with Gasteiger partial charge in [0.1, 0.15) is 17.9 Å². The van der Waals surface area contributed by atoms with E-state index in [1.807, 2.05) is 0 Å². The number of aliphatic hydroxyl groups excluding tert-OH is 1. The number of rotatable bonds is 9. The summed E-state index contributed by atoms with van der Waals surface area (Å²) in [6.45, 7) is -0.473. The van der Waals surface area contributed by atoms with Crippen molar-refractivity contribution < 1.29 is 23.1 Å². The van der Waals surface area contributed by atoms with E-state index < -0.39 is 40.5 Å². The number of nitrogen functional groups attached to an aromatic ring is 1. The Kier molecular flexibility index (Phi) is 7.59. The number of hydrogen-bond acceptors (Lipinski definition) is 6. The van der Waals surface area contributed by atoms with Gasteiger partial charge in [0.05, 0.1) is 11.5 Å². The maximum Gasteiger partial charge on any atom is 0.247 e. The van der Waals surface area contributed by atoms with Gasteiger partial charge in [0, 0.05) is 18.7 Å². The first-order valence-corrected chi connectivity index (χ1v) is 11.6. The summed E-state index contributed by atoms with van der Waals surface area (Å²) in [7, 11) is -4.04. The molecule has 0 spiro atoms. The Morgan fingerprint density at radius 2 is 1.82 bits per heavy atom. The number of benzene rings is 2. The van der Waals surface area contributed by atoms with Crippen molar-refractivity contribution in [1.29, 1.82) is 5.41 Å². The first-order valence-electron chi connectivity index (χ1n) is 10.1. The number of nitrogens with one attached hydrogen (secondary N) is 3. The fraction of sp³-hybridized carbons (Fsp3) is 0.227. The Morgan fingerprint density at radius 1 is 1.15 bits per heavy atom. The van der Waals surface area contributed by atoms with Crippen LogP contribution in [0.15, 0.2) is 71.6 Å². The third-order valence-corrected chi connectivity index (χ3v) is 6.56. The van der Waals surface area contributed by atoms with Gasteiger partial charge in [-0.2, -0.15) is 4.72 Å². The third kappa shape index (κ3) is 5.83. The van der Waals surface area contributed by atoms with Crippen molar-refractivity contribution in [3.63, 3.8) is 0 Å². The fourth-order valence-electron chi connectivity index (χ4n) is 3.29. The van der Waals surface area contributed by atoms with Crippen molar-refractivity contribution in [1.82, 2.24) is 14.9 Å². The van der Waals surface area contributed by atoms with Crippen LogP contribution in [0, 0.1) is 5.41 Å². The van der Waals surface area contributed by atoms with Crippen LogP contribution in [0.3, 0.4) is 0 Å². The van der Waals surface area contributed by atoms with E-state index in [1.165, 1.54) is 17.0 Å². The lowest BCUT2D eigenvalue weighted by molar-refractivity contribution is -0.139. The summed E-state index contributed by atoms with van der Waals surface area (Å²) in [6, 6.07) is 11.9. The van der Waals surface area contributed by atoms with E-state index in [-0.39, 0.29) is 23.8 Å².